The summed E-state index contributed by atoms with van der Waals surface area (Å²) >= 11 is 0. The Morgan fingerprint density at radius 1 is 1.08 bits per heavy atom. The highest BCUT2D eigenvalue weighted by atomic mass is 32.2. The van der Waals surface area contributed by atoms with Gasteiger partial charge in [-0.05, 0) is 75.1 Å². The van der Waals surface area contributed by atoms with E-state index >= 15 is 0 Å². The Balaban J connectivity index is 1.49. The van der Waals surface area contributed by atoms with Crippen LogP contribution < -0.4 is 19.5 Å². The second-order valence-corrected chi connectivity index (χ2v) is 12.0. The van der Waals surface area contributed by atoms with Gasteiger partial charge < -0.3 is 19.5 Å². The molecule has 1 unspecified atom stereocenters. The number of nitrogens with one attached hydrogen (secondary N) is 1. The Hall–Kier alpha value is -2.78. The normalized spacial score (nSPS) is 19.6. The van der Waals surface area contributed by atoms with Crippen LogP contribution in [0.4, 0.5) is 0 Å². The van der Waals surface area contributed by atoms with E-state index in [1.807, 2.05) is 32.0 Å². The lowest BCUT2D eigenvalue weighted by atomic mass is 9.89. The molecule has 2 aromatic carbocycles. The monoisotopic (exact) mass is 516 g/mol. The average Bonchev–Trinajstić information content (AvgIpc) is 2.87. The molecule has 1 saturated heterocycles. The molecule has 0 saturated carbocycles. The van der Waals surface area contributed by atoms with Crippen molar-refractivity contribution < 1.29 is 27.4 Å². The maximum Gasteiger partial charge on any atom is 0.243 e. The molecule has 0 aliphatic carbocycles. The number of aryl methyl sites for hydroxylation is 1. The fraction of sp³-hybridized carbons (Fsp3) is 0.519. The number of nitrogens with zero attached hydrogens (tertiary/aromatic N) is 1. The minimum Gasteiger partial charge on any atom is -0.497 e. The van der Waals surface area contributed by atoms with Crippen molar-refractivity contribution in [3.8, 4) is 17.2 Å². The number of rotatable bonds is 8. The van der Waals surface area contributed by atoms with E-state index in [-0.39, 0.29) is 23.3 Å². The standard InChI is InChI=1S/C27H36N2O6S/c1-27(2)18-23(22-17-20(33-3)9-11-25(22)35-27)28-26(30)13-8-19-16-21(10-12-24(19)34-4)36(31,32)29-14-6-5-7-15-29/h9-12,16-17,23H,5-8,13-15,18H2,1-4H3,(H,28,30). The van der Waals surface area contributed by atoms with Gasteiger partial charge in [-0.25, -0.2) is 8.42 Å². The molecule has 0 spiro atoms. The van der Waals surface area contributed by atoms with Gasteiger partial charge in [0, 0.05) is 31.5 Å². The summed E-state index contributed by atoms with van der Waals surface area (Å²) in [6.45, 7) is 5.08. The molecule has 1 atom stereocenters. The van der Waals surface area contributed by atoms with Crippen LogP contribution in [0.25, 0.3) is 0 Å². The van der Waals surface area contributed by atoms with Crippen molar-refractivity contribution in [1.82, 2.24) is 9.62 Å². The van der Waals surface area contributed by atoms with Gasteiger partial charge in [0.05, 0.1) is 25.2 Å². The van der Waals surface area contributed by atoms with Crippen LogP contribution in [0.1, 0.15) is 63.1 Å². The molecule has 9 heteroatoms. The highest BCUT2D eigenvalue weighted by Gasteiger charge is 2.35. The quantitative estimate of drug-likeness (QED) is 0.564. The lowest BCUT2D eigenvalue weighted by molar-refractivity contribution is -0.122. The molecule has 1 amide bonds. The Morgan fingerprint density at radius 3 is 2.53 bits per heavy atom. The summed E-state index contributed by atoms with van der Waals surface area (Å²) in [6.07, 6.45) is 3.97. The van der Waals surface area contributed by atoms with E-state index in [0.717, 1.165) is 30.6 Å². The number of hydrogen-bond donors (Lipinski definition) is 1. The Kier molecular flexibility index (Phi) is 7.80. The Morgan fingerprint density at radius 2 is 1.83 bits per heavy atom. The molecule has 2 aliphatic heterocycles. The molecule has 196 valence electrons. The molecule has 0 radical (unpaired) electrons. The summed E-state index contributed by atoms with van der Waals surface area (Å²) in [5, 5.41) is 3.14. The number of carbonyl (C=O) groups excluding carboxylic acids is 1. The number of benzene rings is 2. The zero-order valence-electron chi connectivity index (χ0n) is 21.5. The third-order valence-corrected chi connectivity index (χ3v) is 8.73. The van der Waals surface area contributed by atoms with E-state index in [4.69, 9.17) is 14.2 Å². The van der Waals surface area contributed by atoms with E-state index in [2.05, 4.69) is 5.32 Å². The first-order valence-corrected chi connectivity index (χ1v) is 13.9. The molecule has 0 bridgehead atoms. The van der Waals surface area contributed by atoms with Crippen LogP contribution in [0.5, 0.6) is 17.2 Å². The minimum atomic E-state index is -3.57. The summed E-state index contributed by atoms with van der Waals surface area (Å²) in [6, 6.07) is 10.3. The highest BCUT2D eigenvalue weighted by Crippen LogP contribution is 2.41. The number of carbonyl (C=O) groups is 1. The van der Waals surface area contributed by atoms with Gasteiger partial charge in [0.2, 0.25) is 15.9 Å². The molecule has 0 aromatic heterocycles. The smallest absolute Gasteiger partial charge is 0.243 e. The summed E-state index contributed by atoms with van der Waals surface area (Å²) in [7, 11) is -0.418. The van der Waals surface area contributed by atoms with Crippen molar-refractivity contribution in [2.24, 2.45) is 0 Å². The maximum atomic E-state index is 13.2. The molecule has 2 aliphatic rings. The molecular formula is C27H36N2O6S. The van der Waals surface area contributed by atoms with Gasteiger partial charge in [-0.1, -0.05) is 6.42 Å². The predicted octanol–water partition coefficient (Wildman–Crippen LogP) is 4.23. The SMILES string of the molecule is COc1ccc2c(c1)C(NC(=O)CCc1cc(S(=O)(=O)N3CCCCC3)ccc1OC)CC(C)(C)O2. The number of methoxy groups -OCH3 is 2. The second kappa shape index (κ2) is 10.7. The zero-order valence-corrected chi connectivity index (χ0v) is 22.3. The van der Waals surface area contributed by atoms with Gasteiger partial charge in [0.15, 0.2) is 0 Å². The maximum absolute atomic E-state index is 13.2. The van der Waals surface area contributed by atoms with Crippen LogP contribution in [-0.2, 0) is 21.2 Å². The van der Waals surface area contributed by atoms with Gasteiger partial charge in [-0.3, -0.25) is 4.79 Å². The summed E-state index contributed by atoms with van der Waals surface area (Å²) < 4.78 is 44.8. The Bertz CT molecular complexity index is 1200. The van der Waals surface area contributed by atoms with E-state index in [1.54, 1.807) is 36.7 Å². The Labute approximate surface area is 214 Å². The molecule has 1 N–H and O–H groups in total. The third kappa shape index (κ3) is 5.78. The van der Waals surface area contributed by atoms with E-state index in [9.17, 15) is 13.2 Å². The molecule has 36 heavy (non-hydrogen) atoms. The van der Waals surface area contributed by atoms with Gasteiger partial charge >= 0.3 is 0 Å². The first kappa shape index (κ1) is 26.3. The lowest BCUT2D eigenvalue weighted by Crippen LogP contribution is -2.41. The van der Waals surface area contributed by atoms with Crippen LogP contribution in [0.15, 0.2) is 41.3 Å². The van der Waals surface area contributed by atoms with Crippen LogP contribution in [0.3, 0.4) is 0 Å². The topological polar surface area (TPSA) is 94.2 Å². The minimum absolute atomic E-state index is 0.127. The molecule has 4 rings (SSSR count). The van der Waals surface area contributed by atoms with Crippen molar-refractivity contribution >= 4 is 15.9 Å². The van der Waals surface area contributed by atoms with E-state index < -0.39 is 15.6 Å². The molecule has 2 aromatic rings. The number of piperidine rings is 1. The molecular weight excluding hydrogens is 480 g/mol. The number of amides is 1. The van der Waals surface area contributed by atoms with Crippen LogP contribution in [-0.4, -0.2) is 51.5 Å². The van der Waals surface area contributed by atoms with Crippen LogP contribution in [0.2, 0.25) is 0 Å². The van der Waals surface area contributed by atoms with Gasteiger partial charge in [-0.2, -0.15) is 4.31 Å². The summed E-state index contributed by atoms with van der Waals surface area (Å²) in [4.78, 5) is 13.3. The second-order valence-electron chi connectivity index (χ2n) is 10.0. The number of sulfonamides is 1. The fourth-order valence-electron chi connectivity index (χ4n) is 4.97. The average molecular weight is 517 g/mol. The van der Waals surface area contributed by atoms with Crippen molar-refractivity contribution in [2.45, 2.75) is 68.9 Å². The molecule has 8 nitrogen and oxygen atoms in total. The van der Waals surface area contributed by atoms with Crippen molar-refractivity contribution in [2.75, 3.05) is 27.3 Å². The first-order valence-electron chi connectivity index (χ1n) is 12.5. The molecule has 1 fully saturated rings. The van der Waals surface area contributed by atoms with Crippen LogP contribution >= 0.6 is 0 Å². The zero-order chi connectivity index (χ0) is 25.9. The largest absolute Gasteiger partial charge is 0.497 e. The fourth-order valence-corrected chi connectivity index (χ4v) is 6.54. The predicted molar refractivity (Wildman–Crippen MR) is 137 cm³/mol. The van der Waals surface area contributed by atoms with Gasteiger partial charge in [0.1, 0.15) is 22.8 Å². The van der Waals surface area contributed by atoms with Crippen molar-refractivity contribution in [3.05, 3.63) is 47.5 Å². The number of hydrogen-bond acceptors (Lipinski definition) is 6. The van der Waals surface area contributed by atoms with Crippen molar-refractivity contribution in [3.63, 3.8) is 0 Å². The number of ether oxygens (including phenoxy) is 3. The highest BCUT2D eigenvalue weighted by molar-refractivity contribution is 7.89. The number of fused-ring (bicyclic) bond motifs is 1. The molecule has 2 heterocycles. The lowest BCUT2D eigenvalue weighted by Gasteiger charge is -2.38. The van der Waals surface area contributed by atoms with Gasteiger partial charge in [0.25, 0.3) is 0 Å². The van der Waals surface area contributed by atoms with E-state index in [0.29, 0.717) is 43.0 Å². The van der Waals surface area contributed by atoms with Crippen molar-refractivity contribution in [1.29, 1.82) is 0 Å². The van der Waals surface area contributed by atoms with E-state index in [1.165, 1.54) is 0 Å². The van der Waals surface area contributed by atoms with Crippen LogP contribution in [0, 0.1) is 0 Å². The van der Waals surface area contributed by atoms with Gasteiger partial charge in [-0.15, -0.1) is 0 Å². The summed E-state index contributed by atoms with van der Waals surface area (Å²) in [5.74, 6) is 1.88. The summed E-state index contributed by atoms with van der Waals surface area (Å²) in [5.41, 5.74) is 1.15. The third-order valence-electron chi connectivity index (χ3n) is 6.84. The first-order chi connectivity index (χ1) is 17.1.